The first-order valence-corrected chi connectivity index (χ1v) is 11.8. The molecule has 0 aromatic heterocycles. The van der Waals surface area contributed by atoms with Crippen molar-refractivity contribution >= 4 is 21.9 Å². The molecule has 12 heteroatoms. The zero-order valence-electron chi connectivity index (χ0n) is 17.6. The molecule has 2 aliphatic rings. The predicted octanol–water partition coefficient (Wildman–Crippen LogP) is 2.08. The molecule has 2 N–H and O–H groups in total. The zero-order valence-corrected chi connectivity index (χ0v) is 18.4. The van der Waals surface area contributed by atoms with Crippen molar-refractivity contribution in [1.29, 1.82) is 0 Å². The number of alkyl halides is 3. The van der Waals surface area contributed by atoms with E-state index in [9.17, 15) is 26.4 Å². The van der Waals surface area contributed by atoms with Crippen molar-refractivity contribution in [2.24, 2.45) is 0 Å². The number of benzene rings is 1. The van der Waals surface area contributed by atoms with Gasteiger partial charge in [0.25, 0.3) is 0 Å². The number of amides is 1. The fourth-order valence-corrected chi connectivity index (χ4v) is 5.40. The summed E-state index contributed by atoms with van der Waals surface area (Å²) in [6.07, 6.45) is -0.960. The summed E-state index contributed by atoms with van der Waals surface area (Å²) < 4.78 is 59.5. The Morgan fingerprint density at radius 1 is 1.09 bits per heavy atom. The maximum Gasteiger partial charge on any atom is 0.490 e. The van der Waals surface area contributed by atoms with E-state index >= 15 is 0 Å². The normalized spacial score (nSPS) is 17.7. The van der Waals surface area contributed by atoms with Gasteiger partial charge in [-0.3, -0.25) is 4.79 Å². The summed E-state index contributed by atoms with van der Waals surface area (Å²) in [7, 11) is -3.56. The van der Waals surface area contributed by atoms with E-state index < -0.39 is 22.2 Å². The Balaban J connectivity index is 0.000000451. The highest BCUT2D eigenvalue weighted by Crippen LogP contribution is 2.29. The Kier molecular flexibility index (Phi) is 9.47. The number of carboxylic acids is 1. The van der Waals surface area contributed by atoms with Gasteiger partial charge in [0.1, 0.15) is 0 Å². The van der Waals surface area contributed by atoms with Gasteiger partial charge < -0.3 is 15.3 Å². The Labute approximate surface area is 185 Å². The van der Waals surface area contributed by atoms with Crippen LogP contribution in [0.25, 0.3) is 0 Å². The van der Waals surface area contributed by atoms with Crippen LogP contribution in [0.5, 0.6) is 0 Å². The third kappa shape index (κ3) is 7.45. The number of rotatable bonds is 6. The molecular formula is C20H28F3N3O5S. The molecule has 0 unspecified atom stereocenters. The number of nitrogens with one attached hydrogen (secondary N) is 1. The minimum atomic E-state index is -5.08. The van der Waals surface area contributed by atoms with Crippen LogP contribution in [0.15, 0.2) is 35.2 Å². The zero-order chi connectivity index (χ0) is 23.8. The van der Waals surface area contributed by atoms with Crippen LogP contribution < -0.4 is 5.32 Å². The van der Waals surface area contributed by atoms with Crippen molar-refractivity contribution in [3.8, 4) is 0 Å². The number of carbonyl (C=O) groups excluding carboxylic acids is 1. The lowest BCUT2D eigenvalue weighted by Crippen LogP contribution is -2.48. The summed E-state index contributed by atoms with van der Waals surface area (Å²) >= 11 is 0. The average Bonchev–Trinajstić information content (AvgIpc) is 3.29. The van der Waals surface area contributed by atoms with E-state index in [2.05, 4.69) is 5.32 Å². The van der Waals surface area contributed by atoms with Crippen molar-refractivity contribution in [2.45, 2.75) is 49.2 Å². The molecule has 3 rings (SSSR count). The summed E-state index contributed by atoms with van der Waals surface area (Å²) in [6, 6.07) is 8.58. The molecule has 1 aliphatic heterocycles. The van der Waals surface area contributed by atoms with Gasteiger partial charge in [0, 0.05) is 45.2 Å². The fraction of sp³-hybridized carbons (Fsp3) is 0.600. The largest absolute Gasteiger partial charge is 0.490 e. The lowest BCUT2D eigenvalue weighted by molar-refractivity contribution is -0.192. The molecule has 1 saturated carbocycles. The number of sulfonamides is 1. The molecule has 2 fully saturated rings. The van der Waals surface area contributed by atoms with Crippen molar-refractivity contribution in [2.75, 3.05) is 32.7 Å². The summed E-state index contributed by atoms with van der Waals surface area (Å²) in [5.74, 6) is -2.71. The maximum atomic E-state index is 13.1. The van der Waals surface area contributed by atoms with E-state index in [1.54, 1.807) is 28.6 Å². The lowest BCUT2D eigenvalue weighted by atomic mass is 10.2. The number of halogens is 3. The van der Waals surface area contributed by atoms with Gasteiger partial charge in [-0.15, -0.1) is 0 Å². The lowest BCUT2D eigenvalue weighted by Gasteiger charge is -2.31. The number of hydrogen-bond acceptors (Lipinski definition) is 5. The highest BCUT2D eigenvalue weighted by molar-refractivity contribution is 7.89. The van der Waals surface area contributed by atoms with Gasteiger partial charge in [-0.05, 0) is 25.0 Å². The number of piperazine rings is 1. The second-order valence-corrected chi connectivity index (χ2v) is 9.44. The van der Waals surface area contributed by atoms with Gasteiger partial charge in [-0.1, -0.05) is 31.0 Å². The van der Waals surface area contributed by atoms with Crippen molar-refractivity contribution in [1.82, 2.24) is 14.5 Å². The first-order chi connectivity index (χ1) is 15.0. The average molecular weight is 480 g/mol. The smallest absolute Gasteiger partial charge is 0.475 e. The molecule has 0 bridgehead atoms. The second kappa shape index (κ2) is 11.6. The minimum absolute atomic E-state index is 0.0148. The molecule has 1 amide bonds. The van der Waals surface area contributed by atoms with Gasteiger partial charge >= 0.3 is 12.1 Å². The van der Waals surface area contributed by atoms with Gasteiger partial charge in [-0.2, -0.15) is 17.5 Å². The van der Waals surface area contributed by atoms with E-state index in [0.29, 0.717) is 18.0 Å². The van der Waals surface area contributed by atoms with Crippen LogP contribution in [0, 0.1) is 0 Å². The quantitative estimate of drug-likeness (QED) is 0.647. The SMILES string of the molecule is O=C(CCN(C1CCCC1)S(=O)(=O)c1ccccc1)N1CCNCC1.O=C(O)C(F)(F)F. The molecule has 32 heavy (non-hydrogen) atoms. The van der Waals surface area contributed by atoms with Gasteiger partial charge in [0.05, 0.1) is 4.90 Å². The predicted molar refractivity (Wildman–Crippen MR) is 110 cm³/mol. The number of carboxylic acid groups (broad SMARTS) is 1. The van der Waals surface area contributed by atoms with Gasteiger partial charge in [0.15, 0.2) is 0 Å². The van der Waals surface area contributed by atoms with Gasteiger partial charge in [0.2, 0.25) is 15.9 Å². The van der Waals surface area contributed by atoms with E-state index in [4.69, 9.17) is 9.90 Å². The highest BCUT2D eigenvalue weighted by Gasteiger charge is 2.38. The molecule has 0 spiro atoms. The summed E-state index contributed by atoms with van der Waals surface area (Å²) in [6.45, 7) is 3.28. The van der Waals surface area contributed by atoms with Crippen LogP contribution in [0.2, 0.25) is 0 Å². The van der Waals surface area contributed by atoms with Crippen LogP contribution in [0.3, 0.4) is 0 Å². The third-order valence-electron chi connectivity index (χ3n) is 5.34. The number of nitrogens with zero attached hydrogens (tertiary/aromatic N) is 2. The number of carbonyl (C=O) groups is 2. The summed E-state index contributed by atoms with van der Waals surface area (Å²) in [4.78, 5) is 23.5. The van der Waals surface area contributed by atoms with E-state index in [0.717, 1.165) is 38.8 Å². The monoisotopic (exact) mass is 479 g/mol. The summed E-state index contributed by atoms with van der Waals surface area (Å²) in [5, 5.41) is 10.3. The molecule has 1 aromatic rings. The Bertz CT molecular complexity index is 853. The molecule has 180 valence electrons. The summed E-state index contributed by atoms with van der Waals surface area (Å²) in [5.41, 5.74) is 0. The van der Waals surface area contributed by atoms with Crippen molar-refractivity contribution in [3.05, 3.63) is 30.3 Å². The Morgan fingerprint density at radius 2 is 1.62 bits per heavy atom. The van der Waals surface area contributed by atoms with Crippen molar-refractivity contribution in [3.63, 3.8) is 0 Å². The standard InChI is InChI=1S/C18H27N3O3S.C2HF3O2/c22-18(20-14-11-19-12-15-20)10-13-21(16-6-4-5-7-16)25(23,24)17-8-2-1-3-9-17;3-2(4,5)1(6)7/h1-3,8-9,16,19H,4-7,10-15H2;(H,6,7). The Hall–Kier alpha value is -2.18. The van der Waals surface area contributed by atoms with Crippen LogP contribution in [-0.4, -0.2) is 79.5 Å². The topological polar surface area (TPSA) is 107 Å². The molecule has 1 aromatic carbocycles. The third-order valence-corrected chi connectivity index (χ3v) is 7.31. The molecular weight excluding hydrogens is 451 g/mol. The van der Waals surface area contributed by atoms with Crippen LogP contribution in [0.4, 0.5) is 13.2 Å². The van der Waals surface area contributed by atoms with Crippen LogP contribution in [-0.2, 0) is 19.6 Å². The molecule has 1 heterocycles. The fourth-order valence-electron chi connectivity index (χ4n) is 3.70. The van der Waals surface area contributed by atoms with Crippen molar-refractivity contribution < 1.29 is 36.3 Å². The minimum Gasteiger partial charge on any atom is -0.475 e. The second-order valence-electron chi connectivity index (χ2n) is 7.55. The number of hydrogen-bond donors (Lipinski definition) is 2. The van der Waals surface area contributed by atoms with Gasteiger partial charge in [-0.25, -0.2) is 13.2 Å². The Morgan fingerprint density at radius 3 is 2.12 bits per heavy atom. The highest BCUT2D eigenvalue weighted by atomic mass is 32.2. The first-order valence-electron chi connectivity index (χ1n) is 10.4. The van der Waals surface area contributed by atoms with E-state index in [1.165, 1.54) is 0 Å². The molecule has 0 radical (unpaired) electrons. The molecule has 1 saturated heterocycles. The first kappa shape index (κ1) is 26.1. The van der Waals surface area contributed by atoms with E-state index in [1.807, 2.05) is 11.0 Å². The molecule has 0 atom stereocenters. The molecule has 8 nitrogen and oxygen atoms in total. The van der Waals surface area contributed by atoms with E-state index in [-0.39, 0.29) is 24.9 Å². The van der Waals surface area contributed by atoms with Crippen LogP contribution in [0.1, 0.15) is 32.1 Å². The maximum absolute atomic E-state index is 13.1. The van der Waals surface area contributed by atoms with Crippen LogP contribution >= 0.6 is 0 Å². The molecule has 1 aliphatic carbocycles. The number of aliphatic carboxylic acids is 1.